The first-order valence-corrected chi connectivity index (χ1v) is 5.86. The third-order valence-electron chi connectivity index (χ3n) is 3.13. The van der Waals surface area contributed by atoms with Crippen molar-refractivity contribution in [1.82, 2.24) is 5.16 Å². The smallest absolute Gasteiger partial charge is 0.374 e. The highest BCUT2D eigenvalue weighted by atomic mass is 19.1. The molecule has 0 saturated heterocycles. The lowest BCUT2D eigenvalue weighted by molar-refractivity contribution is 0.0651. The van der Waals surface area contributed by atoms with Gasteiger partial charge >= 0.3 is 5.97 Å². The summed E-state index contributed by atoms with van der Waals surface area (Å²) in [6.45, 7) is 0.396. The average molecular weight is 276 g/mol. The lowest BCUT2D eigenvalue weighted by Gasteiger charge is -2.15. The number of rotatable bonds is 2. The van der Waals surface area contributed by atoms with E-state index in [1.54, 1.807) is 6.07 Å². The summed E-state index contributed by atoms with van der Waals surface area (Å²) in [6, 6.07) is 5.30. The molecule has 0 atom stereocenters. The predicted octanol–water partition coefficient (Wildman–Crippen LogP) is 1.71. The Morgan fingerprint density at radius 2 is 2.15 bits per heavy atom. The molecule has 1 N–H and O–H groups in total. The van der Waals surface area contributed by atoms with Crippen molar-refractivity contribution in [3.63, 3.8) is 0 Å². The van der Waals surface area contributed by atoms with Crippen LogP contribution in [0, 0.1) is 5.82 Å². The Morgan fingerprint density at radius 1 is 1.35 bits per heavy atom. The van der Waals surface area contributed by atoms with Gasteiger partial charge in [-0.25, -0.2) is 9.18 Å². The SMILES string of the molecule is O=C(O)c1cc(C(=O)N2CCc3ccc(F)cc32)no1. The molecule has 2 heterocycles. The number of carbonyl (C=O) groups is 2. The maximum atomic E-state index is 13.3. The van der Waals surface area contributed by atoms with E-state index >= 15 is 0 Å². The Labute approximate surface area is 112 Å². The van der Waals surface area contributed by atoms with Gasteiger partial charge in [-0.3, -0.25) is 4.79 Å². The molecule has 0 fully saturated rings. The van der Waals surface area contributed by atoms with E-state index in [9.17, 15) is 14.0 Å². The van der Waals surface area contributed by atoms with Gasteiger partial charge in [-0.1, -0.05) is 11.2 Å². The molecular formula is C13H9FN2O4. The van der Waals surface area contributed by atoms with Crippen molar-refractivity contribution in [2.24, 2.45) is 0 Å². The van der Waals surface area contributed by atoms with Crippen LogP contribution in [0.25, 0.3) is 0 Å². The summed E-state index contributed by atoms with van der Waals surface area (Å²) in [5.41, 5.74) is 1.23. The second kappa shape index (κ2) is 4.44. The first-order valence-electron chi connectivity index (χ1n) is 5.86. The summed E-state index contributed by atoms with van der Waals surface area (Å²) in [6.07, 6.45) is 0.616. The Kier molecular flexibility index (Phi) is 2.74. The van der Waals surface area contributed by atoms with Crippen LogP contribution in [0.5, 0.6) is 0 Å². The van der Waals surface area contributed by atoms with E-state index in [-0.39, 0.29) is 5.69 Å². The maximum Gasteiger partial charge on any atom is 0.374 e. The average Bonchev–Trinajstić information content (AvgIpc) is 3.04. The number of fused-ring (bicyclic) bond motifs is 1. The molecule has 102 valence electrons. The second-order valence-corrected chi connectivity index (χ2v) is 4.36. The summed E-state index contributed by atoms with van der Waals surface area (Å²) >= 11 is 0. The van der Waals surface area contributed by atoms with Crippen LogP contribution in [0.15, 0.2) is 28.8 Å². The molecule has 20 heavy (non-hydrogen) atoms. The van der Waals surface area contributed by atoms with Crippen molar-refractivity contribution in [2.75, 3.05) is 11.4 Å². The molecule has 6 nitrogen and oxygen atoms in total. The van der Waals surface area contributed by atoms with Gasteiger partial charge in [0.15, 0.2) is 5.69 Å². The molecule has 1 aromatic carbocycles. The molecule has 1 aromatic heterocycles. The molecule has 0 aliphatic carbocycles. The van der Waals surface area contributed by atoms with Gasteiger partial charge in [-0.05, 0) is 24.1 Å². The quantitative estimate of drug-likeness (QED) is 0.902. The topological polar surface area (TPSA) is 83.6 Å². The van der Waals surface area contributed by atoms with Gasteiger partial charge < -0.3 is 14.5 Å². The fourth-order valence-corrected chi connectivity index (χ4v) is 2.18. The van der Waals surface area contributed by atoms with Crippen LogP contribution < -0.4 is 4.90 Å². The zero-order valence-electron chi connectivity index (χ0n) is 10.2. The summed E-state index contributed by atoms with van der Waals surface area (Å²) in [5.74, 6) is -2.66. The van der Waals surface area contributed by atoms with Crippen LogP contribution in [0.2, 0.25) is 0 Å². The number of aromatic nitrogens is 1. The van der Waals surface area contributed by atoms with Crippen molar-refractivity contribution in [2.45, 2.75) is 6.42 Å². The number of carboxylic acid groups (broad SMARTS) is 1. The van der Waals surface area contributed by atoms with E-state index in [1.807, 2.05) is 0 Å². The maximum absolute atomic E-state index is 13.3. The zero-order valence-corrected chi connectivity index (χ0v) is 10.2. The molecule has 1 amide bonds. The number of amides is 1. The monoisotopic (exact) mass is 276 g/mol. The van der Waals surface area contributed by atoms with Gasteiger partial charge in [0.25, 0.3) is 5.91 Å². The number of halogens is 1. The molecule has 1 aliphatic heterocycles. The zero-order chi connectivity index (χ0) is 14.3. The number of hydrogen-bond donors (Lipinski definition) is 1. The highest BCUT2D eigenvalue weighted by Gasteiger charge is 2.28. The minimum absolute atomic E-state index is 0.112. The number of anilines is 1. The van der Waals surface area contributed by atoms with E-state index in [0.717, 1.165) is 11.6 Å². The van der Waals surface area contributed by atoms with Crippen molar-refractivity contribution in [1.29, 1.82) is 0 Å². The largest absolute Gasteiger partial charge is 0.475 e. The molecule has 3 rings (SSSR count). The van der Waals surface area contributed by atoms with Crippen LogP contribution in [0.3, 0.4) is 0 Å². The lowest BCUT2D eigenvalue weighted by atomic mass is 10.1. The van der Waals surface area contributed by atoms with Crippen LogP contribution >= 0.6 is 0 Å². The van der Waals surface area contributed by atoms with Gasteiger partial charge in [0, 0.05) is 12.6 Å². The van der Waals surface area contributed by atoms with Crippen LogP contribution in [-0.4, -0.2) is 28.7 Å². The molecule has 0 bridgehead atoms. The molecule has 7 heteroatoms. The lowest BCUT2D eigenvalue weighted by Crippen LogP contribution is -2.29. The third kappa shape index (κ3) is 1.93. The van der Waals surface area contributed by atoms with Crippen molar-refractivity contribution >= 4 is 17.6 Å². The van der Waals surface area contributed by atoms with Gasteiger partial charge in [-0.2, -0.15) is 0 Å². The first-order chi connectivity index (χ1) is 9.56. The van der Waals surface area contributed by atoms with Gasteiger partial charge in [0.2, 0.25) is 5.76 Å². The number of nitrogens with zero attached hydrogens (tertiary/aromatic N) is 2. The Morgan fingerprint density at radius 3 is 2.85 bits per heavy atom. The molecule has 0 saturated carbocycles. The summed E-state index contributed by atoms with van der Waals surface area (Å²) in [5, 5.41) is 12.2. The third-order valence-corrected chi connectivity index (χ3v) is 3.13. The molecule has 0 spiro atoms. The first kappa shape index (κ1) is 12.3. The van der Waals surface area contributed by atoms with E-state index < -0.39 is 23.5 Å². The number of benzene rings is 1. The number of aromatic carboxylic acids is 1. The van der Waals surface area contributed by atoms with Crippen LogP contribution in [0.4, 0.5) is 10.1 Å². The van der Waals surface area contributed by atoms with Crippen molar-refractivity contribution in [3.8, 4) is 0 Å². The van der Waals surface area contributed by atoms with E-state index in [0.29, 0.717) is 18.7 Å². The minimum Gasteiger partial charge on any atom is -0.475 e. The fourth-order valence-electron chi connectivity index (χ4n) is 2.18. The van der Waals surface area contributed by atoms with Gasteiger partial charge in [-0.15, -0.1) is 0 Å². The number of hydrogen-bond acceptors (Lipinski definition) is 4. The summed E-state index contributed by atoms with van der Waals surface area (Å²) in [4.78, 5) is 24.3. The second-order valence-electron chi connectivity index (χ2n) is 4.36. The van der Waals surface area contributed by atoms with E-state index in [4.69, 9.17) is 5.11 Å². The fraction of sp³-hybridized carbons (Fsp3) is 0.154. The van der Waals surface area contributed by atoms with E-state index in [2.05, 4.69) is 9.68 Å². The number of carboxylic acids is 1. The predicted molar refractivity (Wildman–Crippen MR) is 65.2 cm³/mol. The Hall–Kier alpha value is -2.70. The molecular weight excluding hydrogens is 267 g/mol. The molecule has 0 radical (unpaired) electrons. The summed E-state index contributed by atoms with van der Waals surface area (Å²) < 4.78 is 17.8. The minimum atomic E-state index is -1.30. The van der Waals surface area contributed by atoms with Gasteiger partial charge in [0.05, 0.1) is 5.69 Å². The molecule has 1 aliphatic rings. The molecule has 0 unspecified atom stereocenters. The Balaban J connectivity index is 1.93. The van der Waals surface area contributed by atoms with E-state index in [1.165, 1.54) is 17.0 Å². The normalized spacial score (nSPS) is 13.3. The Bertz CT molecular complexity index is 710. The highest BCUT2D eigenvalue weighted by molar-refractivity contribution is 6.06. The van der Waals surface area contributed by atoms with Crippen molar-refractivity contribution in [3.05, 3.63) is 47.1 Å². The van der Waals surface area contributed by atoms with Crippen molar-refractivity contribution < 1.29 is 23.6 Å². The summed E-state index contributed by atoms with van der Waals surface area (Å²) in [7, 11) is 0. The van der Waals surface area contributed by atoms with Crippen LogP contribution in [0.1, 0.15) is 26.6 Å². The highest BCUT2D eigenvalue weighted by Crippen LogP contribution is 2.29. The van der Waals surface area contributed by atoms with Gasteiger partial charge in [0.1, 0.15) is 5.82 Å². The number of carbonyl (C=O) groups excluding carboxylic acids is 1. The molecule has 2 aromatic rings. The van der Waals surface area contributed by atoms with Crippen LogP contribution in [-0.2, 0) is 6.42 Å². The standard InChI is InChI=1S/C13H9FN2O4/c14-8-2-1-7-3-4-16(10(7)5-8)12(17)9-6-11(13(18)19)20-15-9/h1-2,5-6H,3-4H2,(H,18,19).